The van der Waals surface area contributed by atoms with Crippen molar-refractivity contribution in [1.82, 2.24) is 0 Å². The van der Waals surface area contributed by atoms with E-state index < -0.39 is 0 Å². The highest BCUT2D eigenvalue weighted by atomic mass is 79.9. The molecule has 0 aromatic carbocycles. The molecule has 0 saturated heterocycles. The van der Waals surface area contributed by atoms with Gasteiger partial charge < -0.3 is 4.74 Å². The Morgan fingerprint density at radius 3 is 2.80 bits per heavy atom. The average molecular weight is 227 g/mol. The summed E-state index contributed by atoms with van der Waals surface area (Å²) in [5.41, 5.74) is 0. The van der Waals surface area contributed by atoms with Gasteiger partial charge in [-0.25, -0.2) is 4.79 Å². The molecule has 0 aliphatic rings. The molecule has 0 bridgehead atoms. The highest BCUT2D eigenvalue weighted by molar-refractivity contribution is 9.09. The Morgan fingerprint density at radius 2 is 2.40 bits per heavy atom. The van der Waals surface area contributed by atoms with Crippen LogP contribution in [0, 0.1) is 0 Å². The predicted molar refractivity (Wildman–Crippen MR) is 47.9 cm³/mol. The van der Waals surface area contributed by atoms with Gasteiger partial charge in [0.05, 0.1) is 6.61 Å². The van der Waals surface area contributed by atoms with Crippen molar-refractivity contribution in [3.63, 3.8) is 0 Å². The molecule has 0 saturated carbocycles. The van der Waals surface area contributed by atoms with Crippen LogP contribution in [0.25, 0.3) is 0 Å². The minimum Gasteiger partial charge on any atom is -0.458 e. The molecular formula is C6H11BrO2S. The molecule has 0 N–H and O–H groups in total. The Labute approximate surface area is 73.8 Å². The third-order valence-corrected chi connectivity index (χ3v) is 2.47. The van der Waals surface area contributed by atoms with Gasteiger partial charge in [0.1, 0.15) is 0 Å². The van der Waals surface area contributed by atoms with Crippen LogP contribution in [0.1, 0.15) is 13.8 Å². The molecular weight excluding hydrogens is 216 g/mol. The van der Waals surface area contributed by atoms with Gasteiger partial charge in [-0.3, -0.25) is 0 Å². The highest BCUT2D eigenvalue weighted by Crippen LogP contribution is 2.11. The van der Waals surface area contributed by atoms with Crippen molar-refractivity contribution in [3.05, 3.63) is 0 Å². The molecule has 0 aromatic rings. The van der Waals surface area contributed by atoms with Crippen molar-refractivity contribution in [2.24, 2.45) is 0 Å². The average Bonchev–Trinajstić information content (AvgIpc) is 1.85. The summed E-state index contributed by atoms with van der Waals surface area (Å²) in [6.07, 6.45) is 0. The van der Waals surface area contributed by atoms with Crippen molar-refractivity contribution < 1.29 is 9.53 Å². The van der Waals surface area contributed by atoms with E-state index in [4.69, 9.17) is 4.74 Å². The smallest absolute Gasteiger partial charge is 0.367 e. The van der Waals surface area contributed by atoms with Gasteiger partial charge in [0, 0.05) is 10.6 Å². The first-order valence-electron chi connectivity index (χ1n) is 3.10. The van der Waals surface area contributed by atoms with Crippen LogP contribution >= 0.6 is 27.7 Å². The van der Waals surface area contributed by atoms with Gasteiger partial charge in [-0.2, -0.15) is 0 Å². The number of carbonyl (C=O) groups excluding carboxylic acids is 1. The number of alkyl halides is 1. The van der Waals surface area contributed by atoms with Crippen molar-refractivity contribution >= 4 is 33.0 Å². The molecule has 0 amide bonds. The second-order valence-electron chi connectivity index (χ2n) is 1.77. The largest absolute Gasteiger partial charge is 0.458 e. The Kier molecular flexibility index (Phi) is 6.22. The molecule has 0 heterocycles. The van der Waals surface area contributed by atoms with E-state index in [1.807, 2.05) is 6.92 Å². The van der Waals surface area contributed by atoms with Crippen LogP contribution in [0.5, 0.6) is 0 Å². The maximum Gasteiger partial charge on any atom is 0.367 e. The zero-order chi connectivity index (χ0) is 7.98. The minimum absolute atomic E-state index is 0.186. The van der Waals surface area contributed by atoms with Crippen LogP contribution in [-0.2, 0) is 4.74 Å². The van der Waals surface area contributed by atoms with E-state index >= 15 is 0 Å². The highest BCUT2D eigenvalue weighted by Gasteiger charge is 2.03. The van der Waals surface area contributed by atoms with Crippen LogP contribution in [0.2, 0.25) is 0 Å². The maximum atomic E-state index is 10.7. The number of ether oxygens (including phenoxy) is 1. The minimum atomic E-state index is -0.186. The van der Waals surface area contributed by atoms with Gasteiger partial charge in [-0.05, 0) is 18.7 Å². The fourth-order valence-corrected chi connectivity index (χ4v) is 1.31. The molecule has 10 heavy (non-hydrogen) atoms. The summed E-state index contributed by atoms with van der Waals surface area (Å²) in [5, 5.41) is -0.186. The van der Waals surface area contributed by atoms with Gasteiger partial charge in [0.25, 0.3) is 0 Å². The summed E-state index contributed by atoms with van der Waals surface area (Å²) in [4.78, 5) is 11.0. The quantitative estimate of drug-likeness (QED) is 0.547. The molecule has 4 heteroatoms. The fourth-order valence-electron chi connectivity index (χ4n) is 0.342. The van der Waals surface area contributed by atoms with E-state index in [-0.39, 0.29) is 5.30 Å². The van der Waals surface area contributed by atoms with Crippen molar-refractivity contribution in [1.29, 1.82) is 0 Å². The number of hydrogen-bond donors (Lipinski definition) is 0. The van der Waals surface area contributed by atoms with Crippen LogP contribution in [0.3, 0.4) is 0 Å². The van der Waals surface area contributed by atoms with E-state index in [1.165, 1.54) is 11.8 Å². The lowest BCUT2D eigenvalue weighted by Gasteiger charge is -2.01. The Morgan fingerprint density at radius 1 is 1.80 bits per heavy atom. The van der Waals surface area contributed by atoms with E-state index in [2.05, 4.69) is 15.9 Å². The lowest BCUT2D eigenvalue weighted by molar-refractivity contribution is 0.181. The lowest BCUT2D eigenvalue weighted by Crippen LogP contribution is -2.01. The van der Waals surface area contributed by atoms with E-state index in [0.717, 1.165) is 5.75 Å². The first-order chi connectivity index (χ1) is 4.66. The topological polar surface area (TPSA) is 26.3 Å². The molecule has 2 nitrogen and oxygen atoms in total. The zero-order valence-corrected chi connectivity index (χ0v) is 8.50. The van der Waals surface area contributed by atoms with Crippen LogP contribution in [0.4, 0.5) is 4.79 Å². The molecule has 0 fully saturated rings. The van der Waals surface area contributed by atoms with Crippen LogP contribution in [-0.4, -0.2) is 22.5 Å². The molecule has 0 spiro atoms. The summed E-state index contributed by atoms with van der Waals surface area (Å²) in [6, 6.07) is 0. The summed E-state index contributed by atoms with van der Waals surface area (Å²) < 4.78 is 4.70. The van der Waals surface area contributed by atoms with Gasteiger partial charge in [0.2, 0.25) is 0 Å². The van der Waals surface area contributed by atoms with Crippen LogP contribution in [0.15, 0.2) is 0 Å². The van der Waals surface area contributed by atoms with Crippen molar-refractivity contribution in [2.75, 3.05) is 12.4 Å². The fraction of sp³-hybridized carbons (Fsp3) is 0.833. The SMILES string of the molecule is CCOC(=O)SCC(C)Br. The number of carbonyl (C=O) groups is 1. The number of rotatable bonds is 3. The standard InChI is InChI=1S/C6H11BrO2S/c1-3-9-6(8)10-4-5(2)7/h5H,3-4H2,1-2H3. The van der Waals surface area contributed by atoms with E-state index in [0.29, 0.717) is 11.4 Å². The summed E-state index contributed by atoms with van der Waals surface area (Å²) >= 11 is 4.53. The maximum absolute atomic E-state index is 10.7. The Hall–Kier alpha value is 0.300. The first-order valence-corrected chi connectivity index (χ1v) is 5.00. The monoisotopic (exact) mass is 226 g/mol. The zero-order valence-electron chi connectivity index (χ0n) is 6.09. The third-order valence-electron chi connectivity index (χ3n) is 0.693. The van der Waals surface area contributed by atoms with Crippen LogP contribution < -0.4 is 0 Å². The van der Waals surface area contributed by atoms with Gasteiger partial charge in [-0.15, -0.1) is 0 Å². The van der Waals surface area contributed by atoms with E-state index in [1.54, 1.807) is 6.92 Å². The van der Waals surface area contributed by atoms with Crippen molar-refractivity contribution in [2.45, 2.75) is 18.7 Å². The number of thioether (sulfide) groups is 1. The second-order valence-corrected chi connectivity index (χ2v) is 4.29. The summed E-state index contributed by atoms with van der Waals surface area (Å²) in [7, 11) is 0. The lowest BCUT2D eigenvalue weighted by atomic mass is 10.6. The number of halogens is 1. The first kappa shape index (κ1) is 10.3. The predicted octanol–water partition coefficient (Wildman–Crippen LogP) is 2.66. The Balaban J connectivity index is 3.22. The van der Waals surface area contributed by atoms with E-state index in [9.17, 15) is 4.79 Å². The Bertz CT molecular complexity index is 106. The summed E-state index contributed by atoms with van der Waals surface area (Å²) in [5.74, 6) is 0.763. The molecule has 1 atom stereocenters. The van der Waals surface area contributed by atoms with Gasteiger partial charge >= 0.3 is 5.30 Å². The molecule has 1 unspecified atom stereocenters. The summed E-state index contributed by atoms with van der Waals surface area (Å²) in [6.45, 7) is 4.25. The molecule has 0 radical (unpaired) electrons. The third kappa shape index (κ3) is 6.42. The molecule has 0 rings (SSSR count). The molecule has 60 valence electrons. The molecule has 0 aromatic heterocycles. The number of hydrogen-bond acceptors (Lipinski definition) is 3. The van der Waals surface area contributed by atoms with Crippen molar-refractivity contribution in [3.8, 4) is 0 Å². The van der Waals surface area contributed by atoms with Gasteiger partial charge in [-0.1, -0.05) is 22.9 Å². The molecule has 0 aliphatic carbocycles. The normalized spacial score (nSPS) is 12.7. The molecule has 0 aliphatic heterocycles. The van der Waals surface area contributed by atoms with Gasteiger partial charge in [0.15, 0.2) is 0 Å². The second kappa shape index (κ2) is 6.04.